The maximum atomic E-state index is 12.3. The molecule has 10 heteroatoms. The standard InChI is InChI=1S/C15H19N5O4S/c1-11-16-14(24-18-11)12-3-5-13(6-4-12)17-15(21)19-7-9-20(10-8-19)25(2,22)23/h3-6H,7-10H2,1-2H3,(H,17,21). The first-order valence-electron chi connectivity index (χ1n) is 7.75. The van der Waals surface area contributed by atoms with Gasteiger partial charge < -0.3 is 14.7 Å². The van der Waals surface area contributed by atoms with Crippen LogP contribution in [0.2, 0.25) is 0 Å². The Morgan fingerprint density at radius 3 is 2.32 bits per heavy atom. The van der Waals surface area contributed by atoms with E-state index in [0.29, 0.717) is 43.6 Å². The monoisotopic (exact) mass is 365 g/mol. The summed E-state index contributed by atoms with van der Waals surface area (Å²) in [5.41, 5.74) is 1.40. The number of aryl methyl sites for hydroxylation is 1. The fraction of sp³-hybridized carbons (Fsp3) is 0.400. The zero-order valence-electron chi connectivity index (χ0n) is 14.0. The smallest absolute Gasteiger partial charge is 0.321 e. The molecule has 2 aromatic rings. The Labute approximate surface area is 145 Å². The molecule has 1 saturated heterocycles. The first kappa shape index (κ1) is 17.4. The fourth-order valence-electron chi connectivity index (χ4n) is 2.54. The van der Waals surface area contributed by atoms with Gasteiger partial charge in [-0.05, 0) is 31.2 Å². The Hall–Kier alpha value is -2.46. The third-order valence-electron chi connectivity index (χ3n) is 3.91. The van der Waals surface area contributed by atoms with Crippen LogP contribution in [0.4, 0.5) is 10.5 Å². The number of nitrogens with zero attached hydrogens (tertiary/aromatic N) is 4. The van der Waals surface area contributed by atoms with Crippen LogP contribution in [0.1, 0.15) is 5.82 Å². The second-order valence-corrected chi connectivity index (χ2v) is 7.79. The van der Waals surface area contributed by atoms with Crippen molar-refractivity contribution in [2.45, 2.75) is 6.92 Å². The van der Waals surface area contributed by atoms with Gasteiger partial charge in [0.15, 0.2) is 5.82 Å². The molecule has 9 nitrogen and oxygen atoms in total. The summed E-state index contributed by atoms with van der Waals surface area (Å²) in [6, 6.07) is 6.81. The number of piperazine rings is 1. The highest BCUT2D eigenvalue weighted by molar-refractivity contribution is 7.88. The van der Waals surface area contributed by atoms with E-state index in [1.807, 2.05) is 0 Å². The predicted molar refractivity (Wildman–Crippen MR) is 91.5 cm³/mol. The average Bonchev–Trinajstić information content (AvgIpc) is 3.01. The fourth-order valence-corrected chi connectivity index (χ4v) is 3.36. The summed E-state index contributed by atoms with van der Waals surface area (Å²) >= 11 is 0. The number of benzene rings is 1. The molecule has 3 rings (SSSR count). The van der Waals surface area contributed by atoms with Crippen LogP contribution in [0.5, 0.6) is 0 Å². The van der Waals surface area contributed by atoms with E-state index in [9.17, 15) is 13.2 Å². The van der Waals surface area contributed by atoms with Gasteiger partial charge in [0, 0.05) is 37.4 Å². The van der Waals surface area contributed by atoms with Gasteiger partial charge in [0.2, 0.25) is 10.0 Å². The highest BCUT2D eigenvalue weighted by Gasteiger charge is 2.26. The van der Waals surface area contributed by atoms with E-state index < -0.39 is 10.0 Å². The summed E-state index contributed by atoms with van der Waals surface area (Å²) in [5, 5.41) is 6.54. The van der Waals surface area contributed by atoms with Gasteiger partial charge in [-0.1, -0.05) is 5.16 Å². The number of nitrogens with one attached hydrogen (secondary N) is 1. The Morgan fingerprint density at radius 2 is 1.80 bits per heavy atom. The largest absolute Gasteiger partial charge is 0.334 e. The molecule has 1 aliphatic rings. The lowest BCUT2D eigenvalue weighted by molar-refractivity contribution is 0.184. The molecule has 0 radical (unpaired) electrons. The van der Waals surface area contributed by atoms with Crippen LogP contribution < -0.4 is 5.32 Å². The molecule has 2 amide bonds. The lowest BCUT2D eigenvalue weighted by atomic mass is 10.2. The minimum Gasteiger partial charge on any atom is -0.334 e. The van der Waals surface area contributed by atoms with Crippen LogP contribution in [0.15, 0.2) is 28.8 Å². The van der Waals surface area contributed by atoms with E-state index in [-0.39, 0.29) is 6.03 Å². The van der Waals surface area contributed by atoms with Gasteiger partial charge in [-0.25, -0.2) is 13.2 Å². The second kappa shape index (κ2) is 6.81. The number of aromatic nitrogens is 2. The molecule has 0 unspecified atom stereocenters. The van der Waals surface area contributed by atoms with Crippen molar-refractivity contribution in [2.24, 2.45) is 0 Å². The topological polar surface area (TPSA) is 109 Å². The molecule has 1 aromatic carbocycles. The van der Waals surface area contributed by atoms with Crippen LogP contribution in [0.25, 0.3) is 11.5 Å². The zero-order chi connectivity index (χ0) is 18.0. The van der Waals surface area contributed by atoms with Crippen molar-refractivity contribution < 1.29 is 17.7 Å². The van der Waals surface area contributed by atoms with Crippen molar-refractivity contribution in [3.8, 4) is 11.5 Å². The van der Waals surface area contributed by atoms with Crippen molar-refractivity contribution in [1.82, 2.24) is 19.3 Å². The predicted octanol–water partition coefficient (Wildman–Crippen LogP) is 1.15. The molecule has 1 aromatic heterocycles. The number of amides is 2. The maximum Gasteiger partial charge on any atom is 0.321 e. The van der Waals surface area contributed by atoms with Crippen LogP contribution in [0.3, 0.4) is 0 Å². The van der Waals surface area contributed by atoms with Gasteiger partial charge in [-0.3, -0.25) is 0 Å². The van der Waals surface area contributed by atoms with Crippen LogP contribution in [-0.2, 0) is 10.0 Å². The van der Waals surface area contributed by atoms with Crippen LogP contribution >= 0.6 is 0 Å². The van der Waals surface area contributed by atoms with E-state index in [2.05, 4.69) is 15.5 Å². The number of hydrogen-bond acceptors (Lipinski definition) is 6. The van der Waals surface area contributed by atoms with Gasteiger partial charge in [-0.2, -0.15) is 9.29 Å². The summed E-state index contributed by atoms with van der Waals surface area (Å²) in [6.45, 7) is 3.07. The van der Waals surface area contributed by atoms with E-state index >= 15 is 0 Å². The minimum absolute atomic E-state index is 0.255. The number of anilines is 1. The van der Waals surface area contributed by atoms with E-state index in [0.717, 1.165) is 5.56 Å². The molecule has 0 spiro atoms. The summed E-state index contributed by atoms with van der Waals surface area (Å²) in [4.78, 5) is 18.0. The average molecular weight is 365 g/mol. The van der Waals surface area contributed by atoms with Gasteiger partial charge in [0.1, 0.15) is 0 Å². The number of carbonyl (C=O) groups excluding carboxylic acids is 1. The molecule has 134 valence electrons. The first-order chi connectivity index (χ1) is 11.8. The zero-order valence-corrected chi connectivity index (χ0v) is 14.8. The number of sulfonamides is 1. The Kier molecular flexibility index (Phi) is 4.73. The van der Waals surface area contributed by atoms with Crippen molar-refractivity contribution in [1.29, 1.82) is 0 Å². The molecule has 0 aliphatic carbocycles. The van der Waals surface area contributed by atoms with Crippen molar-refractivity contribution in [3.63, 3.8) is 0 Å². The third-order valence-corrected chi connectivity index (χ3v) is 5.21. The quantitative estimate of drug-likeness (QED) is 0.874. The van der Waals surface area contributed by atoms with Gasteiger partial charge >= 0.3 is 6.03 Å². The SMILES string of the molecule is Cc1noc(-c2ccc(NC(=O)N3CCN(S(C)(=O)=O)CC3)cc2)n1. The summed E-state index contributed by atoms with van der Waals surface area (Å²) in [6.07, 6.45) is 1.18. The molecular formula is C15H19N5O4S. The maximum absolute atomic E-state index is 12.3. The minimum atomic E-state index is -3.21. The van der Waals surface area contributed by atoms with E-state index in [1.165, 1.54) is 10.6 Å². The molecule has 2 heterocycles. The lowest BCUT2D eigenvalue weighted by Gasteiger charge is -2.33. The van der Waals surface area contributed by atoms with Gasteiger partial charge in [0.25, 0.3) is 5.89 Å². The summed E-state index contributed by atoms with van der Waals surface area (Å²) in [5.74, 6) is 0.980. The van der Waals surface area contributed by atoms with Crippen LogP contribution in [-0.4, -0.2) is 66.2 Å². The molecule has 1 aliphatic heterocycles. The summed E-state index contributed by atoms with van der Waals surface area (Å²) in [7, 11) is -3.21. The molecule has 1 fully saturated rings. The Balaban J connectivity index is 1.58. The number of hydrogen-bond donors (Lipinski definition) is 1. The Bertz CT molecular complexity index is 854. The molecule has 25 heavy (non-hydrogen) atoms. The highest BCUT2D eigenvalue weighted by Crippen LogP contribution is 2.20. The highest BCUT2D eigenvalue weighted by atomic mass is 32.2. The van der Waals surface area contributed by atoms with Crippen molar-refractivity contribution >= 4 is 21.7 Å². The second-order valence-electron chi connectivity index (χ2n) is 5.80. The van der Waals surface area contributed by atoms with Crippen molar-refractivity contribution in [2.75, 3.05) is 37.8 Å². The molecular weight excluding hydrogens is 346 g/mol. The van der Waals surface area contributed by atoms with Gasteiger partial charge in [-0.15, -0.1) is 0 Å². The van der Waals surface area contributed by atoms with E-state index in [1.54, 1.807) is 36.1 Å². The first-order valence-corrected chi connectivity index (χ1v) is 9.59. The lowest BCUT2D eigenvalue weighted by Crippen LogP contribution is -2.51. The summed E-state index contributed by atoms with van der Waals surface area (Å²) < 4.78 is 29.5. The normalized spacial score (nSPS) is 16.0. The third kappa shape index (κ3) is 4.15. The van der Waals surface area contributed by atoms with Crippen LogP contribution in [0, 0.1) is 6.92 Å². The van der Waals surface area contributed by atoms with Gasteiger partial charge in [0.05, 0.1) is 6.26 Å². The number of rotatable bonds is 3. The van der Waals surface area contributed by atoms with Crippen molar-refractivity contribution in [3.05, 3.63) is 30.1 Å². The molecule has 0 bridgehead atoms. The Morgan fingerprint density at radius 1 is 1.16 bits per heavy atom. The number of urea groups is 1. The molecule has 1 N–H and O–H groups in total. The molecule has 0 saturated carbocycles. The van der Waals surface area contributed by atoms with E-state index in [4.69, 9.17) is 4.52 Å². The molecule has 0 atom stereocenters. The number of carbonyl (C=O) groups is 1.